The molecule has 0 N–H and O–H groups in total. The first kappa shape index (κ1) is 17.9. The minimum atomic E-state index is 0.567. The molecule has 134 valence electrons. The maximum absolute atomic E-state index is 5.93. The molecule has 26 heavy (non-hydrogen) atoms. The summed E-state index contributed by atoms with van der Waals surface area (Å²) in [7, 11) is 0. The normalized spacial score (nSPS) is 10.5. The number of anilines is 1. The highest BCUT2D eigenvalue weighted by atomic mass is 16.5. The predicted octanol–water partition coefficient (Wildman–Crippen LogP) is 5.56. The average molecular weight is 347 g/mol. The van der Waals surface area contributed by atoms with Crippen LogP contribution >= 0.6 is 0 Å². The molecule has 3 rings (SSSR count). The molecule has 0 saturated carbocycles. The van der Waals surface area contributed by atoms with Gasteiger partial charge in [0.25, 0.3) is 0 Å². The van der Waals surface area contributed by atoms with Gasteiger partial charge in [-0.05, 0) is 36.6 Å². The minimum Gasteiger partial charge on any atom is -0.439 e. The van der Waals surface area contributed by atoms with Gasteiger partial charge in [-0.15, -0.1) is 0 Å². The molecule has 0 saturated heterocycles. The Hall–Kier alpha value is -2.88. The topological polar surface area (TPSA) is 38.2 Å². The van der Waals surface area contributed by atoms with Crippen molar-refractivity contribution >= 4 is 5.82 Å². The zero-order valence-corrected chi connectivity index (χ0v) is 15.4. The quantitative estimate of drug-likeness (QED) is 0.534. The summed E-state index contributed by atoms with van der Waals surface area (Å²) in [6, 6.07) is 20.3. The molecule has 0 atom stereocenters. The van der Waals surface area contributed by atoms with Gasteiger partial charge in [-0.25, -0.2) is 9.97 Å². The van der Waals surface area contributed by atoms with Gasteiger partial charge in [0.2, 0.25) is 5.88 Å². The number of nitrogens with zero attached hydrogens (tertiary/aromatic N) is 3. The maximum Gasteiger partial charge on any atom is 0.224 e. The average Bonchev–Trinajstić information content (AvgIpc) is 2.70. The summed E-state index contributed by atoms with van der Waals surface area (Å²) in [5.41, 5.74) is 2.36. The molecule has 3 aromatic rings. The van der Waals surface area contributed by atoms with E-state index in [1.54, 1.807) is 6.33 Å². The van der Waals surface area contributed by atoms with Gasteiger partial charge in [-0.2, -0.15) is 0 Å². The first-order chi connectivity index (χ1) is 12.8. The lowest BCUT2D eigenvalue weighted by Crippen LogP contribution is -2.24. The van der Waals surface area contributed by atoms with Gasteiger partial charge in [0.15, 0.2) is 0 Å². The molecule has 4 nitrogen and oxygen atoms in total. The highest BCUT2D eigenvalue weighted by Gasteiger charge is 2.08. The lowest BCUT2D eigenvalue weighted by molar-refractivity contribution is 0.461. The van der Waals surface area contributed by atoms with Crippen molar-refractivity contribution < 1.29 is 4.74 Å². The van der Waals surface area contributed by atoms with Crippen molar-refractivity contribution in [3.05, 3.63) is 67.0 Å². The molecule has 1 aromatic heterocycles. The Morgan fingerprint density at radius 3 is 2.31 bits per heavy atom. The van der Waals surface area contributed by atoms with E-state index in [-0.39, 0.29) is 0 Å². The van der Waals surface area contributed by atoms with Crippen LogP contribution in [0.15, 0.2) is 67.0 Å². The van der Waals surface area contributed by atoms with Crippen molar-refractivity contribution in [3.63, 3.8) is 0 Å². The molecular formula is C22H25N3O. The highest BCUT2D eigenvalue weighted by Crippen LogP contribution is 2.26. The third-order valence-electron chi connectivity index (χ3n) is 4.30. The van der Waals surface area contributed by atoms with Crippen molar-refractivity contribution in [2.75, 3.05) is 18.0 Å². The van der Waals surface area contributed by atoms with Crippen molar-refractivity contribution in [1.82, 2.24) is 9.97 Å². The van der Waals surface area contributed by atoms with Crippen LogP contribution in [0.4, 0.5) is 5.82 Å². The van der Waals surface area contributed by atoms with Crippen LogP contribution in [-0.2, 0) is 0 Å². The van der Waals surface area contributed by atoms with E-state index >= 15 is 0 Å². The van der Waals surface area contributed by atoms with Crippen molar-refractivity contribution in [1.29, 1.82) is 0 Å². The molecule has 0 bridgehead atoms. The second kappa shape index (κ2) is 8.99. The molecule has 2 aromatic carbocycles. The van der Waals surface area contributed by atoms with Crippen LogP contribution in [-0.4, -0.2) is 23.1 Å². The first-order valence-corrected chi connectivity index (χ1v) is 9.20. The Kier molecular flexibility index (Phi) is 6.20. The van der Waals surface area contributed by atoms with Gasteiger partial charge >= 0.3 is 0 Å². The number of benzene rings is 2. The van der Waals surface area contributed by atoms with Gasteiger partial charge in [-0.1, -0.05) is 55.8 Å². The van der Waals surface area contributed by atoms with Crippen LogP contribution in [0.5, 0.6) is 11.6 Å². The van der Waals surface area contributed by atoms with E-state index in [2.05, 4.69) is 53.0 Å². The van der Waals surface area contributed by atoms with Gasteiger partial charge < -0.3 is 9.64 Å². The first-order valence-electron chi connectivity index (χ1n) is 9.20. The van der Waals surface area contributed by atoms with E-state index in [1.165, 1.54) is 12.0 Å². The zero-order chi connectivity index (χ0) is 18.2. The van der Waals surface area contributed by atoms with Crippen molar-refractivity contribution in [2.24, 2.45) is 0 Å². The SMILES string of the molecule is CCCCN(CC)c1cc(Oc2ccc(-c3ccccc3)cc2)ncn1. The molecular weight excluding hydrogens is 322 g/mol. The van der Waals surface area contributed by atoms with Gasteiger partial charge in [0, 0.05) is 19.2 Å². The van der Waals surface area contributed by atoms with Gasteiger partial charge in [0.05, 0.1) is 0 Å². The maximum atomic E-state index is 5.93. The molecule has 0 aliphatic carbocycles. The number of aromatic nitrogens is 2. The summed E-state index contributed by atoms with van der Waals surface area (Å²) >= 11 is 0. The largest absolute Gasteiger partial charge is 0.439 e. The standard InChI is InChI=1S/C22H25N3O/c1-3-5-15-25(4-2)21-16-22(24-17-23-21)26-20-13-11-19(12-14-20)18-9-7-6-8-10-18/h6-14,16-17H,3-5,15H2,1-2H3. The van der Waals surface area contributed by atoms with E-state index in [4.69, 9.17) is 4.74 Å². The molecule has 1 heterocycles. The van der Waals surface area contributed by atoms with Crippen LogP contribution in [0, 0.1) is 0 Å². The second-order valence-corrected chi connectivity index (χ2v) is 6.14. The Morgan fingerprint density at radius 2 is 1.62 bits per heavy atom. The molecule has 0 unspecified atom stereocenters. The van der Waals surface area contributed by atoms with Crippen molar-refractivity contribution in [2.45, 2.75) is 26.7 Å². The second-order valence-electron chi connectivity index (χ2n) is 6.14. The lowest BCUT2D eigenvalue weighted by Gasteiger charge is -2.21. The number of hydrogen-bond donors (Lipinski definition) is 0. The van der Waals surface area contributed by atoms with E-state index in [1.807, 2.05) is 36.4 Å². The van der Waals surface area contributed by atoms with Crippen LogP contribution in [0.1, 0.15) is 26.7 Å². The zero-order valence-electron chi connectivity index (χ0n) is 15.4. The third-order valence-corrected chi connectivity index (χ3v) is 4.30. The molecule has 0 fully saturated rings. The number of ether oxygens (including phenoxy) is 1. The predicted molar refractivity (Wildman–Crippen MR) is 107 cm³/mol. The molecule has 0 radical (unpaired) electrons. The molecule has 0 aliphatic rings. The minimum absolute atomic E-state index is 0.567. The highest BCUT2D eigenvalue weighted by molar-refractivity contribution is 5.64. The molecule has 0 aliphatic heterocycles. The summed E-state index contributed by atoms with van der Waals surface area (Å²) in [5.74, 6) is 2.25. The number of hydrogen-bond acceptors (Lipinski definition) is 4. The Labute approximate surface area is 155 Å². The summed E-state index contributed by atoms with van der Waals surface area (Å²) in [6.45, 7) is 6.25. The number of unbranched alkanes of at least 4 members (excludes halogenated alkanes) is 1. The smallest absolute Gasteiger partial charge is 0.224 e. The summed E-state index contributed by atoms with van der Waals surface area (Å²) in [5, 5.41) is 0. The lowest BCUT2D eigenvalue weighted by atomic mass is 10.1. The monoisotopic (exact) mass is 347 g/mol. The molecule has 0 spiro atoms. The van der Waals surface area contributed by atoms with E-state index in [0.717, 1.165) is 36.6 Å². The van der Waals surface area contributed by atoms with E-state index < -0.39 is 0 Å². The van der Waals surface area contributed by atoms with Crippen LogP contribution in [0.25, 0.3) is 11.1 Å². The fraction of sp³-hybridized carbons (Fsp3) is 0.273. The van der Waals surface area contributed by atoms with Crippen LogP contribution in [0.3, 0.4) is 0 Å². The fourth-order valence-electron chi connectivity index (χ4n) is 2.81. The number of rotatable bonds is 8. The Morgan fingerprint density at radius 1 is 0.885 bits per heavy atom. The summed E-state index contributed by atoms with van der Waals surface area (Å²) in [6.07, 6.45) is 3.88. The van der Waals surface area contributed by atoms with E-state index in [9.17, 15) is 0 Å². The Balaban J connectivity index is 1.72. The Bertz CT molecular complexity index is 803. The summed E-state index contributed by atoms with van der Waals surface area (Å²) in [4.78, 5) is 10.9. The van der Waals surface area contributed by atoms with Crippen molar-refractivity contribution in [3.8, 4) is 22.8 Å². The van der Waals surface area contributed by atoms with Crippen LogP contribution < -0.4 is 9.64 Å². The molecule has 4 heteroatoms. The molecule has 0 amide bonds. The van der Waals surface area contributed by atoms with Gasteiger partial charge in [-0.3, -0.25) is 0 Å². The summed E-state index contributed by atoms with van der Waals surface area (Å²) < 4.78 is 5.93. The van der Waals surface area contributed by atoms with Crippen LogP contribution in [0.2, 0.25) is 0 Å². The third kappa shape index (κ3) is 4.60. The fourth-order valence-corrected chi connectivity index (χ4v) is 2.81. The van der Waals surface area contributed by atoms with Gasteiger partial charge in [0.1, 0.15) is 17.9 Å². The van der Waals surface area contributed by atoms with E-state index in [0.29, 0.717) is 5.88 Å².